The van der Waals surface area contributed by atoms with Crippen molar-refractivity contribution in [3.8, 4) is 11.5 Å². The maximum Gasteiger partial charge on any atom is 3.00 e. The van der Waals surface area contributed by atoms with Gasteiger partial charge >= 0.3 is 17.1 Å². The first-order chi connectivity index (χ1) is 10.6. The molecule has 0 saturated carbocycles. The van der Waals surface area contributed by atoms with Crippen LogP contribution in [-0.4, -0.2) is 35.6 Å². The molecular formula is C16H16ClFeN2O4. The average molecular weight is 392 g/mol. The van der Waals surface area contributed by atoms with Crippen LogP contribution in [0.3, 0.4) is 0 Å². The van der Waals surface area contributed by atoms with Crippen molar-refractivity contribution in [2.45, 2.75) is 6.10 Å². The molecule has 0 saturated heterocycles. The third kappa shape index (κ3) is 6.68. The van der Waals surface area contributed by atoms with Crippen LogP contribution in [0, 0.1) is 0 Å². The van der Waals surface area contributed by atoms with Crippen molar-refractivity contribution in [2.24, 2.45) is 4.99 Å². The van der Waals surface area contributed by atoms with Crippen LogP contribution >= 0.6 is 0 Å². The zero-order valence-corrected chi connectivity index (χ0v) is 14.4. The Morgan fingerprint density at radius 3 is 2.67 bits per heavy atom. The number of hydrogen-bond acceptors (Lipinski definition) is 6. The first kappa shape index (κ1) is 22.1. The summed E-state index contributed by atoms with van der Waals surface area (Å²) < 4.78 is 0. The van der Waals surface area contributed by atoms with Crippen molar-refractivity contribution in [3.63, 3.8) is 0 Å². The molecule has 1 aliphatic rings. The Kier molecular flexibility index (Phi) is 9.92. The Bertz CT molecular complexity index is 659. The second-order valence-electron chi connectivity index (χ2n) is 4.70. The van der Waals surface area contributed by atoms with Crippen LogP contribution in [0.25, 0.3) is 0 Å². The van der Waals surface area contributed by atoms with Crippen LogP contribution < -0.4 is 27.9 Å². The maximum atomic E-state index is 11.5. The summed E-state index contributed by atoms with van der Waals surface area (Å²) in [5, 5.41) is 44.2. The average Bonchev–Trinajstić information content (AvgIpc) is 2.46. The Hall–Kier alpha value is -1.92. The number of nitrogens with one attached hydrogen (secondary N) is 1. The van der Waals surface area contributed by atoms with Gasteiger partial charge in [0.25, 0.3) is 0 Å². The number of halogens is 1. The summed E-state index contributed by atoms with van der Waals surface area (Å²) in [5.74, 6) is -0.616. The van der Waals surface area contributed by atoms with Crippen LogP contribution in [-0.2, 0) is 17.1 Å². The summed E-state index contributed by atoms with van der Waals surface area (Å²) in [7, 11) is 0. The van der Waals surface area contributed by atoms with E-state index in [1.165, 1.54) is 30.5 Å². The Morgan fingerprint density at radius 2 is 2.00 bits per heavy atom. The molecule has 1 aliphatic carbocycles. The summed E-state index contributed by atoms with van der Waals surface area (Å²) in [6.07, 6.45) is 6.69. The number of nitrogens with zero attached hydrogens (tertiary/aromatic N) is 1. The number of hydrogen-bond donors (Lipinski definition) is 3. The van der Waals surface area contributed by atoms with Gasteiger partial charge in [-0.05, 0) is 17.7 Å². The normalized spacial score (nSPS) is 18.0. The zero-order chi connectivity index (χ0) is 15.9. The molecule has 0 heterocycles. The summed E-state index contributed by atoms with van der Waals surface area (Å²) in [4.78, 5) is 4.09. The fraction of sp³-hybridized carbons (Fsp3) is 0.188. The van der Waals surface area contributed by atoms with E-state index in [4.69, 9.17) is 0 Å². The van der Waals surface area contributed by atoms with Gasteiger partial charge in [-0.1, -0.05) is 24.3 Å². The number of rotatable bonds is 5. The van der Waals surface area contributed by atoms with Gasteiger partial charge in [-0.3, -0.25) is 4.99 Å². The summed E-state index contributed by atoms with van der Waals surface area (Å²) in [5.41, 5.74) is 1.01. The molecule has 1 atom stereocenters. The van der Waals surface area contributed by atoms with Gasteiger partial charge in [-0.2, -0.15) is 0 Å². The van der Waals surface area contributed by atoms with Gasteiger partial charge in [-0.15, -0.1) is 11.5 Å². The van der Waals surface area contributed by atoms with Crippen molar-refractivity contribution in [1.29, 1.82) is 0 Å². The molecule has 6 nitrogen and oxygen atoms in total. The SMILES string of the molecule is [Cl-].[Fe+3].[O-]c1ccc(C=NCCN/C=C2/C=CC(O)=CC2O)c([O-])c1. The van der Waals surface area contributed by atoms with Gasteiger partial charge in [0.1, 0.15) is 11.9 Å². The van der Waals surface area contributed by atoms with Crippen LogP contribution in [0.5, 0.6) is 11.5 Å². The number of aliphatic imine (C=N–C) groups is 1. The van der Waals surface area contributed by atoms with E-state index in [1.54, 1.807) is 12.3 Å². The topological polar surface area (TPSA) is 111 Å². The van der Waals surface area contributed by atoms with Gasteiger partial charge in [-0.25, -0.2) is 0 Å². The fourth-order valence-electron chi connectivity index (χ4n) is 1.83. The molecule has 2 rings (SSSR count). The number of aliphatic hydroxyl groups excluding tert-OH is 2. The van der Waals surface area contributed by atoms with E-state index in [9.17, 15) is 20.4 Å². The third-order valence-electron chi connectivity index (χ3n) is 2.99. The third-order valence-corrected chi connectivity index (χ3v) is 2.99. The molecule has 24 heavy (non-hydrogen) atoms. The second-order valence-corrected chi connectivity index (χ2v) is 4.70. The van der Waals surface area contributed by atoms with Crippen molar-refractivity contribution in [1.82, 2.24) is 5.32 Å². The van der Waals surface area contributed by atoms with Crippen LogP contribution in [0.1, 0.15) is 5.56 Å². The van der Waals surface area contributed by atoms with Crippen molar-refractivity contribution in [2.75, 3.05) is 13.1 Å². The molecule has 8 heteroatoms. The molecule has 129 valence electrons. The summed E-state index contributed by atoms with van der Waals surface area (Å²) in [6.45, 7) is 0.952. The van der Waals surface area contributed by atoms with E-state index in [1.807, 2.05) is 0 Å². The molecule has 1 aromatic carbocycles. The molecule has 0 spiro atoms. The molecular weight excluding hydrogens is 375 g/mol. The first-order valence-electron chi connectivity index (χ1n) is 6.74. The monoisotopic (exact) mass is 391 g/mol. The molecule has 0 fully saturated rings. The predicted molar refractivity (Wildman–Crippen MR) is 79.7 cm³/mol. The van der Waals surface area contributed by atoms with Crippen LogP contribution in [0.4, 0.5) is 0 Å². The predicted octanol–water partition coefficient (Wildman–Crippen LogP) is -2.90. The molecule has 0 aromatic heterocycles. The zero-order valence-electron chi connectivity index (χ0n) is 12.5. The molecule has 0 amide bonds. The van der Waals surface area contributed by atoms with Crippen LogP contribution in [0.2, 0.25) is 0 Å². The molecule has 3 N–H and O–H groups in total. The molecule has 0 bridgehead atoms. The number of benzene rings is 1. The van der Waals surface area contributed by atoms with Gasteiger partial charge in [0.15, 0.2) is 0 Å². The van der Waals surface area contributed by atoms with Crippen LogP contribution in [0.15, 0.2) is 59.0 Å². The molecule has 0 aliphatic heterocycles. The maximum absolute atomic E-state index is 11.5. The number of aliphatic hydroxyl groups is 2. The van der Waals surface area contributed by atoms with Crippen molar-refractivity contribution >= 4 is 6.21 Å². The van der Waals surface area contributed by atoms with Crippen molar-refractivity contribution < 1.29 is 49.9 Å². The van der Waals surface area contributed by atoms with E-state index in [2.05, 4.69) is 10.3 Å². The van der Waals surface area contributed by atoms with Gasteiger partial charge in [0.05, 0.1) is 6.54 Å². The van der Waals surface area contributed by atoms with E-state index >= 15 is 0 Å². The molecule has 1 aromatic rings. The minimum Gasteiger partial charge on any atom is -1.00 e. The second kappa shape index (κ2) is 10.8. The summed E-state index contributed by atoms with van der Waals surface area (Å²) >= 11 is 0. The Morgan fingerprint density at radius 1 is 1.25 bits per heavy atom. The van der Waals surface area contributed by atoms with Gasteiger partial charge in [0, 0.05) is 24.5 Å². The molecule has 1 radical (unpaired) electrons. The standard InChI is InChI=1S/C16H18N2O4.ClH.Fe/c19-13-3-1-11(15(21)7-13)9-17-5-6-18-10-12-2-4-14(20)8-16(12)22;;/h1-4,7-10,15,17,19-22H,5-6H2;1H;/q;;+3/p-3/b11-9-,18-10?;;. The van der Waals surface area contributed by atoms with Gasteiger partial charge < -0.3 is 38.1 Å². The van der Waals surface area contributed by atoms with E-state index in [0.717, 1.165) is 6.07 Å². The minimum atomic E-state index is -0.838. The Balaban J connectivity index is 0.00000264. The van der Waals surface area contributed by atoms with E-state index in [-0.39, 0.29) is 46.7 Å². The first-order valence-corrected chi connectivity index (χ1v) is 6.74. The molecule has 1 unspecified atom stereocenters. The smallest absolute Gasteiger partial charge is 1.00 e. The largest absolute Gasteiger partial charge is 3.00 e. The van der Waals surface area contributed by atoms with Crippen molar-refractivity contribution in [3.05, 3.63) is 59.5 Å². The summed E-state index contributed by atoms with van der Waals surface area (Å²) in [6, 6.07) is 3.81. The van der Waals surface area contributed by atoms with Gasteiger partial charge in [0.2, 0.25) is 0 Å². The number of allylic oxidation sites excluding steroid dienone is 1. The van der Waals surface area contributed by atoms with E-state index in [0.29, 0.717) is 24.2 Å². The fourth-order valence-corrected chi connectivity index (χ4v) is 1.83. The quantitative estimate of drug-likeness (QED) is 0.283. The minimum absolute atomic E-state index is 0. The Labute approximate surface area is 156 Å². The van der Waals surface area contributed by atoms with E-state index < -0.39 is 6.10 Å².